The Kier molecular flexibility index (Phi) is 8.62. The average Bonchev–Trinajstić information content (AvgIpc) is 2.92. The van der Waals surface area contributed by atoms with Crippen LogP contribution in [0.15, 0.2) is 72.1 Å². The molecule has 3 aromatic rings. The molecule has 4 rings (SSSR count). The van der Waals surface area contributed by atoms with Crippen molar-refractivity contribution in [1.29, 1.82) is 5.26 Å². The Morgan fingerprint density at radius 1 is 0.949 bits per heavy atom. The van der Waals surface area contributed by atoms with E-state index < -0.39 is 11.9 Å². The summed E-state index contributed by atoms with van der Waals surface area (Å²) in [5, 5.41) is 9.89. The number of fused-ring (bicyclic) bond motifs is 1. The molecule has 0 amide bonds. The van der Waals surface area contributed by atoms with Gasteiger partial charge in [-0.25, -0.2) is 4.79 Å². The third-order valence-corrected chi connectivity index (χ3v) is 6.23. The Morgan fingerprint density at radius 3 is 2.31 bits per heavy atom. The number of carbonyl (C=O) groups is 1. The molecule has 0 saturated heterocycles. The normalized spacial score (nSPS) is 14.2. The lowest BCUT2D eigenvalue weighted by Crippen LogP contribution is -2.22. The van der Waals surface area contributed by atoms with Crippen LogP contribution in [-0.2, 0) is 4.79 Å². The lowest BCUT2D eigenvalue weighted by Gasteiger charge is -2.27. The van der Waals surface area contributed by atoms with Gasteiger partial charge in [0.05, 0.1) is 19.1 Å². The maximum Gasteiger partial charge on any atom is 0.349 e. The summed E-state index contributed by atoms with van der Waals surface area (Å²) in [4.78, 5) is 12.5. The van der Waals surface area contributed by atoms with Gasteiger partial charge in [-0.15, -0.1) is 0 Å². The molecular formula is C31H32N2O6. The molecule has 0 radical (unpaired) electrons. The Labute approximate surface area is 228 Å². The van der Waals surface area contributed by atoms with Crippen LogP contribution in [-0.4, -0.2) is 25.8 Å². The Bertz CT molecular complexity index is 1410. The number of nitrogens with two attached hydrogens (primary N) is 1. The first-order valence-electron chi connectivity index (χ1n) is 12.9. The molecule has 8 heteroatoms. The van der Waals surface area contributed by atoms with E-state index in [0.717, 1.165) is 5.56 Å². The molecule has 0 aliphatic carbocycles. The van der Waals surface area contributed by atoms with Gasteiger partial charge < -0.3 is 29.4 Å². The summed E-state index contributed by atoms with van der Waals surface area (Å²) in [5.74, 6) is 1.75. The molecule has 1 atom stereocenters. The van der Waals surface area contributed by atoms with Gasteiger partial charge in [0.15, 0.2) is 18.1 Å². The molecule has 0 bridgehead atoms. The van der Waals surface area contributed by atoms with E-state index in [2.05, 4.69) is 19.9 Å². The van der Waals surface area contributed by atoms with Crippen molar-refractivity contribution in [1.82, 2.24) is 0 Å². The van der Waals surface area contributed by atoms with E-state index >= 15 is 0 Å². The minimum absolute atomic E-state index is 0.0153. The highest BCUT2D eigenvalue weighted by Crippen LogP contribution is 2.45. The SMILES string of the molecule is CCOc1ccc(C2C(C#N)=C(N)Oc3cc(OC(=O)COc4ccc(C(C)C)cc4)ccc32)cc1OCC. The lowest BCUT2D eigenvalue weighted by atomic mass is 9.83. The van der Waals surface area contributed by atoms with E-state index in [0.29, 0.717) is 47.7 Å². The number of allylic oxidation sites excluding steroid dienone is 1. The van der Waals surface area contributed by atoms with Crippen LogP contribution in [0.2, 0.25) is 0 Å². The molecule has 2 N–H and O–H groups in total. The number of carbonyl (C=O) groups excluding carboxylic acids is 1. The number of ether oxygens (including phenoxy) is 5. The maximum absolute atomic E-state index is 12.5. The van der Waals surface area contributed by atoms with Crippen LogP contribution >= 0.6 is 0 Å². The first-order chi connectivity index (χ1) is 18.8. The first kappa shape index (κ1) is 27.4. The molecule has 39 heavy (non-hydrogen) atoms. The quantitative estimate of drug-likeness (QED) is 0.259. The highest BCUT2D eigenvalue weighted by Gasteiger charge is 2.32. The van der Waals surface area contributed by atoms with Crippen LogP contribution in [0.1, 0.15) is 56.2 Å². The third-order valence-electron chi connectivity index (χ3n) is 6.23. The van der Waals surface area contributed by atoms with Crippen molar-refractivity contribution in [3.63, 3.8) is 0 Å². The lowest BCUT2D eigenvalue weighted by molar-refractivity contribution is -0.136. The van der Waals surface area contributed by atoms with Crippen molar-refractivity contribution in [3.05, 3.63) is 88.8 Å². The van der Waals surface area contributed by atoms with Crippen molar-refractivity contribution >= 4 is 5.97 Å². The summed E-state index contributed by atoms with van der Waals surface area (Å²) in [6.45, 7) is 8.70. The monoisotopic (exact) mass is 528 g/mol. The van der Waals surface area contributed by atoms with Crippen LogP contribution in [0.3, 0.4) is 0 Å². The summed E-state index contributed by atoms with van der Waals surface area (Å²) in [6.07, 6.45) is 0. The van der Waals surface area contributed by atoms with Crippen molar-refractivity contribution in [2.75, 3.05) is 19.8 Å². The standard InChI is InChI=1S/C31H32N2O6/c1-5-35-26-14-9-21(15-28(26)36-6-2)30-24-13-12-23(16-27(24)39-31(33)25(30)17-32)38-29(34)18-37-22-10-7-20(8-11-22)19(3)4/h7-16,19,30H,5-6,18,33H2,1-4H3. The summed E-state index contributed by atoms with van der Waals surface area (Å²) in [6, 6.07) is 20.3. The van der Waals surface area contributed by atoms with Gasteiger partial charge in [-0.05, 0) is 61.2 Å². The van der Waals surface area contributed by atoms with Gasteiger partial charge in [0, 0.05) is 11.6 Å². The number of hydrogen-bond acceptors (Lipinski definition) is 8. The Balaban J connectivity index is 1.54. The number of rotatable bonds is 10. The minimum atomic E-state index is -0.565. The van der Waals surface area contributed by atoms with Gasteiger partial charge in [-0.1, -0.05) is 38.1 Å². The molecule has 1 aliphatic heterocycles. The molecule has 202 valence electrons. The van der Waals surface area contributed by atoms with Crippen LogP contribution in [0.5, 0.6) is 28.7 Å². The fourth-order valence-corrected chi connectivity index (χ4v) is 4.34. The molecule has 0 aromatic heterocycles. The highest BCUT2D eigenvalue weighted by atomic mass is 16.6. The van der Waals surface area contributed by atoms with Gasteiger partial charge in [0.25, 0.3) is 0 Å². The number of hydrogen-bond donors (Lipinski definition) is 1. The Morgan fingerprint density at radius 2 is 1.64 bits per heavy atom. The second-order valence-electron chi connectivity index (χ2n) is 9.18. The van der Waals surface area contributed by atoms with Gasteiger partial charge >= 0.3 is 5.97 Å². The van der Waals surface area contributed by atoms with Crippen molar-refractivity contribution in [3.8, 4) is 34.8 Å². The van der Waals surface area contributed by atoms with E-state index in [-0.39, 0.29) is 23.8 Å². The van der Waals surface area contributed by atoms with Gasteiger partial charge in [0.2, 0.25) is 5.88 Å². The topological polar surface area (TPSA) is 113 Å². The van der Waals surface area contributed by atoms with Crippen molar-refractivity contribution in [2.45, 2.75) is 39.5 Å². The van der Waals surface area contributed by atoms with E-state index in [1.807, 2.05) is 56.3 Å². The predicted octanol–water partition coefficient (Wildman–Crippen LogP) is 5.81. The zero-order valence-electron chi connectivity index (χ0n) is 22.5. The van der Waals surface area contributed by atoms with E-state index in [1.165, 1.54) is 5.56 Å². The Hall–Kier alpha value is -4.64. The largest absolute Gasteiger partial charge is 0.490 e. The molecule has 8 nitrogen and oxygen atoms in total. The van der Waals surface area contributed by atoms with Crippen LogP contribution in [0.4, 0.5) is 0 Å². The molecule has 1 heterocycles. The summed E-state index contributed by atoms with van der Waals surface area (Å²) < 4.78 is 28.3. The van der Waals surface area contributed by atoms with Crippen LogP contribution in [0, 0.1) is 11.3 Å². The number of esters is 1. The molecule has 1 unspecified atom stereocenters. The molecule has 0 saturated carbocycles. The predicted molar refractivity (Wildman–Crippen MR) is 146 cm³/mol. The molecule has 1 aliphatic rings. The third kappa shape index (κ3) is 6.27. The van der Waals surface area contributed by atoms with E-state index in [4.69, 9.17) is 29.4 Å². The number of nitrogens with zero attached hydrogens (tertiary/aromatic N) is 1. The van der Waals surface area contributed by atoms with E-state index in [9.17, 15) is 10.1 Å². The van der Waals surface area contributed by atoms with Gasteiger partial charge in [-0.2, -0.15) is 5.26 Å². The van der Waals surface area contributed by atoms with Crippen molar-refractivity contribution < 1.29 is 28.5 Å². The molecule has 0 fully saturated rings. The highest BCUT2D eigenvalue weighted by molar-refractivity contribution is 5.74. The summed E-state index contributed by atoms with van der Waals surface area (Å²) in [7, 11) is 0. The molecule has 3 aromatic carbocycles. The first-order valence-corrected chi connectivity index (χ1v) is 12.9. The maximum atomic E-state index is 12.5. The smallest absolute Gasteiger partial charge is 0.349 e. The second-order valence-corrected chi connectivity index (χ2v) is 9.18. The number of benzene rings is 3. The summed E-state index contributed by atoms with van der Waals surface area (Å²) >= 11 is 0. The number of nitriles is 1. The second kappa shape index (κ2) is 12.3. The molecule has 0 spiro atoms. The van der Waals surface area contributed by atoms with Gasteiger partial charge in [0.1, 0.15) is 28.9 Å². The van der Waals surface area contributed by atoms with E-state index in [1.54, 1.807) is 18.2 Å². The molecular weight excluding hydrogens is 496 g/mol. The fraction of sp³-hybridized carbons (Fsp3) is 0.290. The van der Waals surface area contributed by atoms with Crippen LogP contribution < -0.4 is 29.4 Å². The fourth-order valence-electron chi connectivity index (χ4n) is 4.34. The van der Waals surface area contributed by atoms with Crippen LogP contribution in [0.25, 0.3) is 0 Å². The zero-order chi connectivity index (χ0) is 27.9. The zero-order valence-corrected chi connectivity index (χ0v) is 22.5. The average molecular weight is 529 g/mol. The summed E-state index contributed by atoms with van der Waals surface area (Å²) in [5.41, 5.74) is 9.10. The van der Waals surface area contributed by atoms with Gasteiger partial charge in [-0.3, -0.25) is 0 Å². The minimum Gasteiger partial charge on any atom is -0.490 e. The van der Waals surface area contributed by atoms with Crippen molar-refractivity contribution in [2.24, 2.45) is 5.73 Å².